The first kappa shape index (κ1) is 28.0. The second-order valence-electron chi connectivity index (χ2n) is 9.19. The van der Waals surface area contributed by atoms with Crippen molar-refractivity contribution in [3.8, 4) is 34.4 Å². The molecule has 4 aromatic rings. The van der Waals surface area contributed by atoms with E-state index in [9.17, 15) is 14.9 Å². The summed E-state index contributed by atoms with van der Waals surface area (Å²) >= 11 is 0. The van der Waals surface area contributed by atoms with E-state index in [0.29, 0.717) is 62.9 Å². The molecule has 0 saturated carbocycles. The summed E-state index contributed by atoms with van der Waals surface area (Å²) in [5, 5.41) is 22.0. The molecule has 1 aliphatic heterocycles. The van der Waals surface area contributed by atoms with Crippen molar-refractivity contribution in [3.05, 3.63) is 87.6 Å². The first-order valence-electron chi connectivity index (χ1n) is 12.7. The number of nitro benzene ring substituents is 1. The van der Waals surface area contributed by atoms with Crippen LogP contribution in [0.15, 0.2) is 71.9 Å². The zero-order valence-electron chi connectivity index (χ0n) is 23.5. The first-order chi connectivity index (χ1) is 20.3. The largest absolute Gasteiger partial charge is 0.495 e. The number of non-ortho nitro benzene ring substituents is 1. The molecule has 216 valence electrons. The van der Waals surface area contributed by atoms with Crippen LogP contribution in [0.1, 0.15) is 18.5 Å². The monoisotopic (exact) mass is 572 g/mol. The average molecular weight is 573 g/mol. The van der Waals surface area contributed by atoms with Crippen LogP contribution in [0.3, 0.4) is 0 Å². The van der Waals surface area contributed by atoms with Gasteiger partial charge in [0, 0.05) is 23.4 Å². The lowest BCUT2D eigenvalue weighted by molar-refractivity contribution is -0.384. The van der Waals surface area contributed by atoms with Gasteiger partial charge in [0.2, 0.25) is 11.7 Å². The normalized spacial score (nSPS) is 14.0. The molecule has 1 aromatic heterocycles. The summed E-state index contributed by atoms with van der Waals surface area (Å²) in [6.45, 7) is 1.77. The van der Waals surface area contributed by atoms with Crippen molar-refractivity contribution in [2.75, 3.05) is 39.1 Å². The fourth-order valence-electron chi connectivity index (χ4n) is 4.80. The van der Waals surface area contributed by atoms with Crippen LogP contribution in [0.2, 0.25) is 0 Å². The van der Waals surface area contributed by atoms with Gasteiger partial charge in [-0.25, -0.2) is 4.68 Å². The molecule has 5 rings (SSSR count). The van der Waals surface area contributed by atoms with E-state index in [1.807, 2.05) is 0 Å². The number of ether oxygens (including phenoxy) is 4. The second-order valence-corrected chi connectivity index (χ2v) is 9.19. The SMILES string of the molecule is COc1ccccc1NC(=O)C1=C(C)Nc2nc(-c3ccc([N+](=O)[O-])cc3)nn2C1c1cc(OC)c(OC)c(OC)c1. The van der Waals surface area contributed by atoms with Crippen LogP contribution in [-0.4, -0.2) is 54.0 Å². The molecule has 3 aromatic carbocycles. The van der Waals surface area contributed by atoms with Crippen LogP contribution in [-0.2, 0) is 4.79 Å². The maximum Gasteiger partial charge on any atom is 0.269 e. The van der Waals surface area contributed by atoms with Crippen LogP contribution in [0.5, 0.6) is 23.0 Å². The Kier molecular flexibility index (Phi) is 7.65. The molecule has 42 heavy (non-hydrogen) atoms. The minimum Gasteiger partial charge on any atom is -0.495 e. The quantitative estimate of drug-likeness (QED) is 0.211. The Labute approximate surface area is 240 Å². The van der Waals surface area contributed by atoms with E-state index in [4.69, 9.17) is 24.0 Å². The van der Waals surface area contributed by atoms with E-state index in [1.165, 1.54) is 40.6 Å². The van der Waals surface area contributed by atoms with Gasteiger partial charge in [-0.05, 0) is 48.9 Å². The number of anilines is 2. The number of carbonyl (C=O) groups is 1. The minimum atomic E-state index is -0.788. The van der Waals surface area contributed by atoms with Gasteiger partial charge in [-0.2, -0.15) is 4.98 Å². The molecule has 0 bridgehead atoms. The number of rotatable bonds is 9. The molecule has 13 heteroatoms. The molecule has 13 nitrogen and oxygen atoms in total. The predicted octanol–water partition coefficient (Wildman–Crippen LogP) is 4.82. The van der Waals surface area contributed by atoms with Crippen molar-refractivity contribution in [1.29, 1.82) is 0 Å². The molecule has 0 spiro atoms. The Hall–Kier alpha value is -5.59. The number of nitrogens with zero attached hydrogens (tertiary/aromatic N) is 4. The van der Waals surface area contributed by atoms with E-state index in [2.05, 4.69) is 15.6 Å². The molecule has 1 aliphatic rings. The third-order valence-corrected chi connectivity index (χ3v) is 6.79. The van der Waals surface area contributed by atoms with Crippen molar-refractivity contribution in [2.24, 2.45) is 0 Å². The summed E-state index contributed by atoms with van der Waals surface area (Å²) in [6.07, 6.45) is 0. The van der Waals surface area contributed by atoms with Crippen molar-refractivity contribution in [3.63, 3.8) is 0 Å². The number of aromatic nitrogens is 3. The van der Waals surface area contributed by atoms with Crippen molar-refractivity contribution < 1.29 is 28.7 Å². The van der Waals surface area contributed by atoms with Gasteiger partial charge in [-0.1, -0.05) is 12.1 Å². The molecular weight excluding hydrogens is 544 g/mol. The van der Waals surface area contributed by atoms with Gasteiger partial charge >= 0.3 is 0 Å². The number of nitrogens with one attached hydrogen (secondary N) is 2. The van der Waals surface area contributed by atoms with Crippen molar-refractivity contribution in [2.45, 2.75) is 13.0 Å². The van der Waals surface area contributed by atoms with Gasteiger partial charge in [0.15, 0.2) is 17.3 Å². The number of para-hydroxylation sites is 2. The number of nitro groups is 1. The summed E-state index contributed by atoms with van der Waals surface area (Å²) in [7, 11) is 6.05. The van der Waals surface area contributed by atoms with Crippen LogP contribution in [0, 0.1) is 10.1 Å². The maximum absolute atomic E-state index is 14.0. The summed E-state index contributed by atoms with van der Waals surface area (Å²) in [6, 6.07) is 15.7. The van der Waals surface area contributed by atoms with Gasteiger partial charge in [0.1, 0.15) is 11.8 Å². The van der Waals surface area contributed by atoms with E-state index >= 15 is 0 Å². The summed E-state index contributed by atoms with van der Waals surface area (Å²) in [4.78, 5) is 29.3. The van der Waals surface area contributed by atoms with E-state index in [-0.39, 0.29) is 5.69 Å². The van der Waals surface area contributed by atoms with Crippen molar-refractivity contribution in [1.82, 2.24) is 14.8 Å². The number of hydrogen-bond donors (Lipinski definition) is 2. The van der Waals surface area contributed by atoms with E-state index in [0.717, 1.165) is 0 Å². The topological polar surface area (TPSA) is 152 Å². The first-order valence-corrected chi connectivity index (χ1v) is 12.7. The highest BCUT2D eigenvalue weighted by Gasteiger charge is 2.36. The Morgan fingerprint density at radius 3 is 2.19 bits per heavy atom. The van der Waals surface area contributed by atoms with Gasteiger partial charge in [0.05, 0.1) is 44.6 Å². The number of allylic oxidation sites excluding steroid dienone is 1. The molecule has 1 unspecified atom stereocenters. The molecule has 0 radical (unpaired) electrons. The molecule has 1 amide bonds. The minimum absolute atomic E-state index is 0.0519. The number of benzene rings is 3. The average Bonchev–Trinajstić information content (AvgIpc) is 3.43. The van der Waals surface area contributed by atoms with Crippen LogP contribution in [0.4, 0.5) is 17.3 Å². The number of fused-ring (bicyclic) bond motifs is 1. The standard InChI is InChI=1S/C29H28N6O7/c1-16-24(28(36)31-20-8-6-7-9-21(20)39-2)25(18-14-22(40-3)26(42-5)23(15-18)41-4)34-29(30-16)32-27(33-34)17-10-12-19(13-11-17)35(37)38/h6-15,25H,1-5H3,(H,31,36)(H,30,32,33). The van der Waals surface area contributed by atoms with Crippen LogP contribution in [0.25, 0.3) is 11.4 Å². The molecule has 2 heterocycles. The van der Waals surface area contributed by atoms with Crippen molar-refractivity contribution >= 4 is 23.2 Å². The predicted molar refractivity (Wildman–Crippen MR) is 154 cm³/mol. The van der Waals surface area contributed by atoms with Crippen LogP contribution < -0.4 is 29.6 Å². The highest BCUT2D eigenvalue weighted by atomic mass is 16.6. The number of methoxy groups -OCH3 is 4. The summed E-state index contributed by atoms with van der Waals surface area (Å²) in [5.74, 6) is 1.95. The lowest BCUT2D eigenvalue weighted by Gasteiger charge is -2.29. The highest BCUT2D eigenvalue weighted by molar-refractivity contribution is 6.06. The number of carbonyl (C=O) groups excluding carboxylic acids is 1. The Morgan fingerprint density at radius 1 is 0.952 bits per heavy atom. The molecule has 0 saturated heterocycles. The number of hydrogen-bond acceptors (Lipinski definition) is 10. The lowest BCUT2D eigenvalue weighted by Crippen LogP contribution is -2.31. The Morgan fingerprint density at radius 2 is 1.60 bits per heavy atom. The molecule has 0 aliphatic carbocycles. The number of amides is 1. The maximum atomic E-state index is 14.0. The summed E-state index contributed by atoms with van der Waals surface area (Å²) in [5.41, 5.74) is 2.50. The van der Waals surface area contributed by atoms with Crippen LogP contribution >= 0.6 is 0 Å². The van der Waals surface area contributed by atoms with E-state index < -0.39 is 16.9 Å². The van der Waals surface area contributed by atoms with E-state index in [1.54, 1.807) is 60.1 Å². The van der Waals surface area contributed by atoms with Gasteiger partial charge in [-0.3, -0.25) is 14.9 Å². The fourth-order valence-corrected chi connectivity index (χ4v) is 4.80. The highest BCUT2D eigenvalue weighted by Crippen LogP contribution is 2.44. The molecular formula is C29H28N6O7. The second kappa shape index (κ2) is 11.5. The fraction of sp³-hybridized carbons (Fsp3) is 0.207. The lowest BCUT2D eigenvalue weighted by atomic mass is 9.94. The smallest absolute Gasteiger partial charge is 0.269 e. The van der Waals surface area contributed by atoms with Gasteiger partial charge in [0.25, 0.3) is 11.6 Å². The Bertz CT molecular complexity index is 1670. The zero-order chi connectivity index (χ0) is 30.0. The molecule has 0 fully saturated rings. The third kappa shape index (κ3) is 5.03. The van der Waals surface area contributed by atoms with Gasteiger partial charge in [-0.15, -0.1) is 5.10 Å². The third-order valence-electron chi connectivity index (χ3n) is 6.79. The molecule has 2 N–H and O–H groups in total. The van der Waals surface area contributed by atoms with Gasteiger partial charge < -0.3 is 29.6 Å². The molecule has 1 atom stereocenters. The Balaban J connectivity index is 1.66. The zero-order valence-corrected chi connectivity index (χ0v) is 23.5. The summed E-state index contributed by atoms with van der Waals surface area (Å²) < 4.78 is 23.7.